The van der Waals surface area contributed by atoms with E-state index in [-0.39, 0.29) is 24.1 Å². The second-order valence-corrected chi connectivity index (χ2v) is 3.83. The summed E-state index contributed by atoms with van der Waals surface area (Å²) in [5.41, 5.74) is 0.980. The molecule has 0 heterocycles. The van der Waals surface area contributed by atoms with Crippen molar-refractivity contribution >= 4 is 18.3 Å². The molecule has 0 aromatic heterocycles. The average Bonchev–Trinajstić information content (AvgIpc) is 2.34. The molecule has 0 aliphatic rings. The predicted molar refractivity (Wildman–Crippen MR) is 73.5 cm³/mol. The molecule has 1 aromatic rings. The number of carbonyl (C=O) groups is 1. The molecule has 1 amide bonds. The van der Waals surface area contributed by atoms with Crippen molar-refractivity contribution in [1.29, 1.82) is 0 Å². The second kappa shape index (κ2) is 9.85. The molecule has 0 atom stereocenters. The van der Waals surface area contributed by atoms with Gasteiger partial charge in [-0.05, 0) is 30.7 Å². The fourth-order valence-electron chi connectivity index (χ4n) is 1.46. The normalized spacial score (nSPS) is 9.67. The maximum absolute atomic E-state index is 12.6. The predicted octanol–water partition coefficient (Wildman–Crippen LogP) is 1.91. The molecule has 102 valence electrons. The van der Waals surface area contributed by atoms with Crippen LogP contribution in [0, 0.1) is 5.82 Å². The van der Waals surface area contributed by atoms with Crippen LogP contribution in [0.5, 0.6) is 0 Å². The molecule has 0 aliphatic carbocycles. The topological polar surface area (TPSA) is 41.1 Å². The molecule has 3 nitrogen and oxygen atoms in total. The van der Waals surface area contributed by atoms with E-state index in [1.807, 2.05) is 6.92 Å². The third-order valence-corrected chi connectivity index (χ3v) is 2.43. The van der Waals surface area contributed by atoms with Crippen LogP contribution in [0.4, 0.5) is 4.39 Å². The van der Waals surface area contributed by atoms with E-state index in [4.69, 9.17) is 0 Å². The second-order valence-electron chi connectivity index (χ2n) is 3.83. The van der Waals surface area contributed by atoms with E-state index in [2.05, 4.69) is 10.6 Å². The van der Waals surface area contributed by atoms with Gasteiger partial charge < -0.3 is 10.6 Å². The van der Waals surface area contributed by atoms with Gasteiger partial charge in [-0.3, -0.25) is 4.79 Å². The van der Waals surface area contributed by atoms with Gasteiger partial charge in [-0.2, -0.15) is 0 Å². The Balaban J connectivity index is 0.00000289. The highest BCUT2D eigenvalue weighted by atomic mass is 35.5. The van der Waals surface area contributed by atoms with Crippen molar-refractivity contribution in [2.24, 2.45) is 0 Å². The zero-order chi connectivity index (χ0) is 12.5. The van der Waals surface area contributed by atoms with Gasteiger partial charge >= 0.3 is 0 Å². The standard InChI is InChI=1S/C13H19FN2O.ClH/c1-2-15-9-10-16-13(17)8-5-11-3-6-12(14)7-4-11;/h3-4,6-7,15H,2,5,8-10H2,1H3,(H,16,17);1H. The summed E-state index contributed by atoms with van der Waals surface area (Å²) in [6.45, 7) is 4.37. The van der Waals surface area contributed by atoms with Crippen LogP contribution in [0.25, 0.3) is 0 Å². The molecule has 5 heteroatoms. The summed E-state index contributed by atoms with van der Waals surface area (Å²) in [4.78, 5) is 11.4. The minimum Gasteiger partial charge on any atom is -0.355 e. The number of carbonyl (C=O) groups excluding carboxylic acids is 1. The minimum absolute atomic E-state index is 0. The van der Waals surface area contributed by atoms with E-state index in [9.17, 15) is 9.18 Å². The van der Waals surface area contributed by atoms with E-state index in [0.29, 0.717) is 19.4 Å². The quantitative estimate of drug-likeness (QED) is 0.746. The zero-order valence-electron chi connectivity index (χ0n) is 10.5. The van der Waals surface area contributed by atoms with Crippen LogP contribution in [0.3, 0.4) is 0 Å². The minimum atomic E-state index is -0.246. The van der Waals surface area contributed by atoms with Crippen LogP contribution in [0.1, 0.15) is 18.9 Å². The number of hydrogen-bond donors (Lipinski definition) is 2. The van der Waals surface area contributed by atoms with Crippen LogP contribution in [-0.2, 0) is 11.2 Å². The van der Waals surface area contributed by atoms with Gasteiger partial charge in [0, 0.05) is 19.5 Å². The van der Waals surface area contributed by atoms with Crippen molar-refractivity contribution < 1.29 is 9.18 Å². The first-order valence-corrected chi connectivity index (χ1v) is 5.94. The highest BCUT2D eigenvalue weighted by molar-refractivity contribution is 5.85. The van der Waals surface area contributed by atoms with E-state index in [0.717, 1.165) is 18.7 Å². The van der Waals surface area contributed by atoms with Crippen molar-refractivity contribution in [3.63, 3.8) is 0 Å². The van der Waals surface area contributed by atoms with Crippen LogP contribution in [0.15, 0.2) is 24.3 Å². The first kappa shape index (κ1) is 16.9. The number of amides is 1. The Bertz CT molecular complexity index is 343. The van der Waals surface area contributed by atoms with E-state index >= 15 is 0 Å². The Morgan fingerprint density at radius 3 is 2.50 bits per heavy atom. The van der Waals surface area contributed by atoms with Crippen LogP contribution in [-0.4, -0.2) is 25.5 Å². The lowest BCUT2D eigenvalue weighted by molar-refractivity contribution is -0.121. The lowest BCUT2D eigenvalue weighted by atomic mass is 10.1. The van der Waals surface area contributed by atoms with Gasteiger partial charge in [-0.15, -0.1) is 12.4 Å². The van der Waals surface area contributed by atoms with Gasteiger partial charge in [-0.1, -0.05) is 19.1 Å². The van der Waals surface area contributed by atoms with Gasteiger partial charge in [0.05, 0.1) is 0 Å². The molecule has 1 rings (SSSR count). The number of hydrogen-bond acceptors (Lipinski definition) is 2. The molecule has 0 fully saturated rings. The lowest BCUT2D eigenvalue weighted by Crippen LogP contribution is -2.31. The SMILES string of the molecule is CCNCCNC(=O)CCc1ccc(F)cc1.Cl. The van der Waals surface area contributed by atoms with Gasteiger partial charge in [0.15, 0.2) is 0 Å². The Labute approximate surface area is 114 Å². The molecular formula is C13H20ClFN2O. The number of halogens is 2. The molecule has 0 unspecified atom stereocenters. The molecule has 0 radical (unpaired) electrons. The van der Waals surface area contributed by atoms with Crippen molar-refractivity contribution in [3.05, 3.63) is 35.6 Å². The largest absolute Gasteiger partial charge is 0.355 e. The third kappa shape index (κ3) is 7.25. The summed E-state index contributed by atoms with van der Waals surface area (Å²) >= 11 is 0. The fraction of sp³-hybridized carbons (Fsp3) is 0.462. The lowest BCUT2D eigenvalue weighted by Gasteiger charge is -2.05. The zero-order valence-corrected chi connectivity index (χ0v) is 11.4. The van der Waals surface area contributed by atoms with Crippen molar-refractivity contribution in [1.82, 2.24) is 10.6 Å². The maximum Gasteiger partial charge on any atom is 0.220 e. The Kier molecular flexibility index (Phi) is 9.24. The molecular weight excluding hydrogens is 255 g/mol. The average molecular weight is 275 g/mol. The molecule has 0 saturated carbocycles. The van der Waals surface area contributed by atoms with Gasteiger partial charge in [0.1, 0.15) is 5.82 Å². The van der Waals surface area contributed by atoms with Crippen LogP contribution >= 0.6 is 12.4 Å². The molecule has 0 saturated heterocycles. The summed E-state index contributed by atoms with van der Waals surface area (Å²) in [6.07, 6.45) is 1.09. The van der Waals surface area contributed by atoms with Crippen LogP contribution in [0.2, 0.25) is 0 Å². The molecule has 2 N–H and O–H groups in total. The molecule has 1 aromatic carbocycles. The Morgan fingerprint density at radius 2 is 1.89 bits per heavy atom. The first-order valence-electron chi connectivity index (χ1n) is 5.94. The van der Waals surface area contributed by atoms with Gasteiger partial charge in [0.25, 0.3) is 0 Å². The number of aryl methyl sites for hydroxylation is 1. The Morgan fingerprint density at radius 1 is 1.22 bits per heavy atom. The van der Waals surface area contributed by atoms with Crippen molar-refractivity contribution in [2.75, 3.05) is 19.6 Å². The summed E-state index contributed by atoms with van der Waals surface area (Å²) < 4.78 is 12.6. The van der Waals surface area contributed by atoms with E-state index < -0.39 is 0 Å². The van der Waals surface area contributed by atoms with Crippen LogP contribution < -0.4 is 10.6 Å². The highest BCUT2D eigenvalue weighted by Crippen LogP contribution is 2.05. The molecule has 0 aliphatic heterocycles. The summed E-state index contributed by atoms with van der Waals surface area (Å²) in [6, 6.07) is 6.25. The fourth-order valence-corrected chi connectivity index (χ4v) is 1.46. The summed E-state index contributed by atoms with van der Waals surface area (Å²) in [5, 5.41) is 5.95. The maximum atomic E-state index is 12.6. The Hall–Kier alpha value is -1.13. The van der Waals surface area contributed by atoms with Crippen molar-refractivity contribution in [2.45, 2.75) is 19.8 Å². The highest BCUT2D eigenvalue weighted by Gasteiger charge is 2.01. The molecule has 0 bridgehead atoms. The molecule has 18 heavy (non-hydrogen) atoms. The smallest absolute Gasteiger partial charge is 0.220 e. The number of benzene rings is 1. The van der Waals surface area contributed by atoms with Gasteiger partial charge in [0.2, 0.25) is 5.91 Å². The monoisotopic (exact) mass is 274 g/mol. The summed E-state index contributed by atoms with van der Waals surface area (Å²) in [5.74, 6) is -0.212. The number of nitrogens with one attached hydrogen (secondary N) is 2. The van der Waals surface area contributed by atoms with Gasteiger partial charge in [-0.25, -0.2) is 4.39 Å². The first-order chi connectivity index (χ1) is 8.22. The third-order valence-electron chi connectivity index (χ3n) is 2.43. The van der Waals surface area contributed by atoms with E-state index in [1.54, 1.807) is 12.1 Å². The van der Waals surface area contributed by atoms with Crippen molar-refractivity contribution in [3.8, 4) is 0 Å². The number of likely N-dealkylation sites (N-methyl/N-ethyl adjacent to an activating group) is 1. The number of rotatable bonds is 7. The van der Waals surface area contributed by atoms with E-state index in [1.165, 1.54) is 12.1 Å². The molecule has 0 spiro atoms. The summed E-state index contributed by atoms with van der Waals surface area (Å²) in [7, 11) is 0.